The van der Waals surface area contributed by atoms with E-state index in [1.807, 2.05) is 6.92 Å². The number of thiazole rings is 1. The number of aryl methyl sites for hydroxylation is 2. The third-order valence-corrected chi connectivity index (χ3v) is 7.66. The highest BCUT2D eigenvalue weighted by molar-refractivity contribution is 7.89. The normalized spacial score (nSPS) is 14.2. The Hall–Kier alpha value is -1.77. The van der Waals surface area contributed by atoms with Gasteiger partial charge in [-0.25, -0.2) is 17.7 Å². The van der Waals surface area contributed by atoms with Gasteiger partial charge in [0.1, 0.15) is 0 Å². The summed E-state index contributed by atoms with van der Waals surface area (Å²) in [7, 11) is -1.94. The van der Waals surface area contributed by atoms with Crippen molar-refractivity contribution < 1.29 is 13.2 Å². The van der Waals surface area contributed by atoms with Crippen molar-refractivity contribution in [3.8, 4) is 0 Å². The lowest BCUT2D eigenvalue weighted by molar-refractivity contribution is 0.102. The molecule has 1 heterocycles. The van der Waals surface area contributed by atoms with Gasteiger partial charge in [0.25, 0.3) is 5.91 Å². The molecular weight excluding hydrogens is 382 g/mol. The maximum Gasteiger partial charge on any atom is 0.257 e. The van der Waals surface area contributed by atoms with Gasteiger partial charge in [-0.2, -0.15) is 0 Å². The number of hydrogen-bond donors (Lipinski definition) is 1. The summed E-state index contributed by atoms with van der Waals surface area (Å²) in [6.45, 7) is 2.50. The molecule has 3 rings (SSSR count). The first kappa shape index (κ1) is 20.0. The fraction of sp³-hybridized carbons (Fsp3) is 0.474. The number of unbranched alkanes of at least 4 members (excludes halogenated alkanes) is 1. The lowest BCUT2D eigenvalue weighted by Crippen LogP contribution is -2.28. The van der Waals surface area contributed by atoms with Crippen molar-refractivity contribution in [1.29, 1.82) is 0 Å². The molecule has 0 spiro atoms. The molecule has 2 aromatic rings. The molecule has 1 amide bonds. The molecule has 0 radical (unpaired) electrons. The van der Waals surface area contributed by atoms with Gasteiger partial charge in [0, 0.05) is 24.0 Å². The third-order valence-electron chi connectivity index (χ3n) is 4.72. The number of sulfonamides is 1. The number of benzene rings is 1. The third kappa shape index (κ3) is 4.56. The molecule has 0 saturated carbocycles. The lowest BCUT2D eigenvalue weighted by atomic mass is 10.0. The van der Waals surface area contributed by atoms with E-state index < -0.39 is 10.0 Å². The van der Waals surface area contributed by atoms with Crippen molar-refractivity contribution in [3.05, 3.63) is 40.4 Å². The van der Waals surface area contributed by atoms with Gasteiger partial charge in [0.05, 0.1) is 10.6 Å². The molecule has 0 aliphatic heterocycles. The van der Waals surface area contributed by atoms with E-state index in [9.17, 15) is 13.2 Å². The molecule has 8 heteroatoms. The number of fused-ring (bicyclic) bond motifs is 1. The Balaban J connectivity index is 1.69. The summed E-state index contributed by atoms with van der Waals surface area (Å²) in [5.74, 6) is -0.274. The molecule has 0 saturated heterocycles. The van der Waals surface area contributed by atoms with E-state index in [1.54, 1.807) is 19.2 Å². The van der Waals surface area contributed by atoms with Crippen LogP contribution in [0.4, 0.5) is 5.13 Å². The molecule has 0 bridgehead atoms. The van der Waals surface area contributed by atoms with Crippen molar-refractivity contribution in [2.24, 2.45) is 0 Å². The number of anilines is 1. The van der Waals surface area contributed by atoms with Crippen LogP contribution in [0.25, 0.3) is 0 Å². The second-order valence-corrected chi connectivity index (χ2v) is 9.88. The molecule has 0 atom stereocenters. The van der Waals surface area contributed by atoms with E-state index in [4.69, 9.17) is 0 Å². The Labute approximate surface area is 164 Å². The smallest absolute Gasteiger partial charge is 0.257 e. The molecule has 1 aliphatic rings. The predicted molar refractivity (Wildman–Crippen MR) is 108 cm³/mol. The first-order valence-corrected chi connectivity index (χ1v) is 11.5. The van der Waals surface area contributed by atoms with Crippen molar-refractivity contribution in [2.45, 2.75) is 50.3 Å². The SMILES string of the molecule is CCCCN(C)S(=O)(=O)c1ccc(C(=O)Nc2nc3c(s2)CCCC3)cc1. The molecule has 1 aromatic heterocycles. The van der Waals surface area contributed by atoms with Crippen LogP contribution in [0.2, 0.25) is 0 Å². The van der Waals surface area contributed by atoms with Crippen LogP contribution in [0.5, 0.6) is 0 Å². The zero-order valence-corrected chi connectivity index (χ0v) is 17.3. The summed E-state index contributed by atoms with van der Waals surface area (Å²) in [5.41, 5.74) is 1.51. The first-order chi connectivity index (χ1) is 12.9. The molecule has 0 unspecified atom stereocenters. The summed E-state index contributed by atoms with van der Waals surface area (Å²) >= 11 is 1.53. The molecule has 6 nitrogen and oxygen atoms in total. The Morgan fingerprint density at radius 1 is 1.22 bits per heavy atom. The second kappa shape index (κ2) is 8.50. The molecule has 27 heavy (non-hydrogen) atoms. The Morgan fingerprint density at radius 3 is 2.59 bits per heavy atom. The average molecular weight is 408 g/mol. The number of carbonyl (C=O) groups is 1. The Kier molecular flexibility index (Phi) is 6.29. The number of hydrogen-bond acceptors (Lipinski definition) is 5. The van der Waals surface area contributed by atoms with Crippen LogP contribution in [0.3, 0.4) is 0 Å². The highest BCUT2D eigenvalue weighted by Crippen LogP contribution is 2.29. The van der Waals surface area contributed by atoms with Crippen molar-refractivity contribution in [2.75, 3.05) is 18.9 Å². The second-order valence-electron chi connectivity index (χ2n) is 6.75. The molecule has 0 fully saturated rings. The molecule has 146 valence electrons. The van der Waals surface area contributed by atoms with Crippen LogP contribution < -0.4 is 5.32 Å². The molecule has 1 aliphatic carbocycles. The number of carbonyl (C=O) groups excluding carboxylic acids is 1. The lowest BCUT2D eigenvalue weighted by Gasteiger charge is -2.16. The summed E-state index contributed by atoms with van der Waals surface area (Å²) in [5, 5.41) is 3.45. The highest BCUT2D eigenvalue weighted by Gasteiger charge is 2.21. The topological polar surface area (TPSA) is 79.4 Å². The summed E-state index contributed by atoms with van der Waals surface area (Å²) < 4.78 is 26.4. The summed E-state index contributed by atoms with van der Waals surface area (Å²) in [4.78, 5) is 18.4. The minimum absolute atomic E-state index is 0.197. The summed E-state index contributed by atoms with van der Waals surface area (Å²) in [6.07, 6.45) is 6.06. The van der Waals surface area contributed by atoms with Crippen molar-refractivity contribution >= 4 is 32.4 Å². The molecule has 1 aromatic carbocycles. The van der Waals surface area contributed by atoms with Crippen LogP contribution >= 0.6 is 11.3 Å². The van der Waals surface area contributed by atoms with Gasteiger partial charge in [-0.3, -0.25) is 10.1 Å². The van der Waals surface area contributed by atoms with Gasteiger partial charge in [-0.1, -0.05) is 13.3 Å². The quantitative estimate of drug-likeness (QED) is 0.759. The number of aromatic nitrogens is 1. The summed E-state index contributed by atoms with van der Waals surface area (Å²) in [6, 6.07) is 6.06. The highest BCUT2D eigenvalue weighted by atomic mass is 32.2. The van der Waals surface area contributed by atoms with Crippen molar-refractivity contribution in [1.82, 2.24) is 9.29 Å². The van der Waals surface area contributed by atoms with E-state index >= 15 is 0 Å². The number of rotatable bonds is 7. The fourth-order valence-corrected chi connectivity index (χ4v) is 5.29. The van der Waals surface area contributed by atoms with Crippen molar-refractivity contribution in [3.63, 3.8) is 0 Å². The molecular formula is C19H25N3O3S2. The van der Waals surface area contributed by atoms with E-state index in [2.05, 4.69) is 10.3 Å². The number of nitrogens with one attached hydrogen (secondary N) is 1. The minimum Gasteiger partial charge on any atom is -0.298 e. The van der Waals surface area contributed by atoms with E-state index in [0.29, 0.717) is 17.2 Å². The van der Waals surface area contributed by atoms with E-state index in [0.717, 1.165) is 37.8 Å². The number of nitrogens with zero attached hydrogens (tertiary/aromatic N) is 2. The minimum atomic E-state index is -3.52. The van der Waals surface area contributed by atoms with Crippen LogP contribution in [0.15, 0.2) is 29.2 Å². The molecule has 1 N–H and O–H groups in total. The van der Waals surface area contributed by atoms with Gasteiger partial charge < -0.3 is 0 Å². The number of amides is 1. The Morgan fingerprint density at radius 2 is 1.93 bits per heavy atom. The van der Waals surface area contributed by atoms with E-state index in [-0.39, 0.29) is 10.8 Å². The van der Waals surface area contributed by atoms with Crippen LogP contribution in [0.1, 0.15) is 53.5 Å². The van der Waals surface area contributed by atoms with Gasteiger partial charge in [0.2, 0.25) is 10.0 Å². The maximum absolute atomic E-state index is 12.5. The maximum atomic E-state index is 12.5. The van der Waals surface area contributed by atoms with Crippen LogP contribution in [-0.4, -0.2) is 37.2 Å². The fourth-order valence-electron chi connectivity index (χ4n) is 3.03. The first-order valence-electron chi connectivity index (χ1n) is 9.28. The van der Waals surface area contributed by atoms with Gasteiger partial charge in [-0.15, -0.1) is 11.3 Å². The van der Waals surface area contributed by atoms with Gasteiger partial charge in [0.15, 0.2) is 5.13 Å². The Bertz CT molecular complexity index is 881. The predicted octanol–water partition coefficient (Wildman–Crippen LogP) is 3.69. The monoisotopic (exact) mass is 407 g/mol. The average Bonchev–Trinajstić information content (AvgIpc) is 3.08. The van der Waals surface area contributed by atoms with Gasteiger partial charge in [-0.05, 0) is 56.4 Å². The largest absolute Gasteiger partial charge is 0.298 e. The standard InChI is InChI=1S/C19H25N3O3S2/c1-3-4-13-22(2)27(24,25)15-11-9-14(10-12-15)18(23)21-19-20-16-7-5-6-8-17(16)26-19/h9-12H,3-8,13H2,1-2H3,(H,20,21,23). The van der Waals surface area contributed by atoms with Crippen LogP contribution in [0, 0.1) is 0 Å². The zero-order chi connectivity index (χ0) is 19.4. The van der Waals surface area contributed by atoms with Gasteiger partial charge >= 0.3 is 0 Å². The van der Waals surface area contributed by atoms with E-state index in [1.165, 1.54) is 39.1 Å². The zero-order valence-electron chi connectivity index (χ0n) is 15.7. The van der Waals surface area contributed by atoms with Crippen LogP contribution in [-0.2, 0) is 22.9 Å².